The van der Waals surface area contributed by atoms with E-state index in [1.807, 2.05) is 30.5 Å². The Morgan fingerprint density at radius 2 is 1.96 bits per heavy atom. The fraction of sp³-hybridized carbons (Fsp3) is 0.444. The first kappa shape index (κ1) is 18.0. The number of carbonyl (C=O) groups is 1. The number of carbonyl (C=O) groups excluding carboxylic acids is 1. The van der Waals surface area contributed by atoms with E-state index in [2.05, 4.69) is 48.6 Å². The van der Waals surface area contributed by atoms with E-state index in [9.17, 15) is 4.79 Å². The molecule has 0 radical (unpaired) electrons. The lowest BCUT2D eigenvalue weighted by Gasteiger charge is -2.27. The van der Waals surface area contributed by atoms with E-state index < -0.39 is 0 Å². The van der Waals surface area contributed by atoms with Crippen molar-refractivity contribution in [2.45, 2.75) is 32.2 Å². The number of anilines is 1. The van der Waals surface area contributed by atoms with E-state index in [1.54, 1.807) is 17.2 Å². The summed E-state index contributed by atoms with van der Waals surface area (Å²) in [5, 5.41) is 3.12. The molecule has 0 bridgehead atoms. The van der Waals surface area contributed by atoms with Crippen LogP contribution in [0.4, 0.5) is 5.69 Å². The highest BCUT2D eigenvalue weighted by atomic mass is 16.1. The van der Waals surface area contributed by atoms with Gasteiger partial charge in [-0.15, -0.1) is 0 Å². The first-order valence-corrected chi connectivity index (χ1v) is 8.18. The summed E-state index contributed by atoms with van der Waals surface area (Å²) < 4.78 is 1.75. The van der Waals surface area contributed by atoms with Gasteiger partial charge in [0, 0.05) is 23.5 Å². The van der Waals surface area contributed by atoms with Gasteiger partial charge in [-0.25, -0.2) is 4.98 Å². The van der Waals surface area contributed by atoms with Gasteiger partial charge in [0.2, 0.25) is 0 Å². The second kappa shape index (κ2) is 7.97. The van der Waals surface area contributed by atoms with Gasteiger partial charge in [0.05, 0.1) is 5.69 Å². The average molecular weight is 329 g/mol. The predicted molar refractivity (Wildman–Crippen MR) is 97.0 cm³/mol. The Hall–Kier alpha value is -2.34. The molecule has 1 amide bonds. The minimum Gasteiger partial charge on any atom is -0.347 e. The van der Waals surface area contributed by atoms with Crippen molar-refractivity contribution >= 4 is 11.6 Å². The molecule has 2 rings (SSSR count). The topological polar surface area (TPSA) is 62.2 Å². The molecule has 130 valence electrons. The number of amides is 1. The average Bonchev–Trinajstić information content (AvgIpc) is 2.99. The monoisotopic (exact) mass is 329 g/mol. The van der Waals surface area contributed by atoms with Crippen LogP contribution >= 0.6 is 0 Å². The number of nitrogens with one attached hydrogen (secondary N) is 2. The molecule has 0 saturated carbocycles. The zero-order valence-corrected chi connectivity index (χ0v) is 14.9. The summed E-state index contributed by atoms with van der Waals surface area (Å²) in [5.74, 6) is -0.0426. The standard InChI is InChI=1S/C18H27N5O/c1-18(2,10-5-12-22(3)4)20-17(24)15-6-8-16(9-7-15)21-23-13-11-19-14-23/h6-9,11,13-14,21H,5,10,12H2,1-4H3,(H,20,24). The highest BCUT2D eigenvalue weighted by Gasteiger charge is 2.20. The maximum Gasteiger partial charge on any atom is 0.251 e. The van der Waals surface area contributed by atoms with Gasteiger partial charge in [0.25, 0.3) is 5.91 Å². The fourth-order valence-electron chi connectivity index (χ4n) is 2.45. The number of nitrogens with zero attached hydrogens (tertiary/aromatic N) is 3. The lowest BCUT2D eigenvalue weighted by atomic mass is 9.97. The lowest BCUT2D eigenvalue weighted by molar-refractivity contribution is 0.0907. The van der Waals surface area contributed by atoms with Gasteiger partial charge in [-0.05, 0) is 71.6 Å². The molecule has 0 unspecified atom stereocenters. The Balaban J connectivity index is 1.89. The minimum atomic E-state index is -0.221. The Kier molecular flexibility index (Phi) is 5.98. The van der Waals surface area contributed by atoms with E-state index >= 15 is 0 Å². The molecule has 0 aliphatic carbocycles. The van der Waals surface area contributed by atoms with Crippen molar-refractivity contribution in [1.29, 1.82) is 0 Å². The quantitative estimate of drug-likeness (QED) is 0.781. The molecule has 2 N–H and O–H groups in total. The molecule has 0 spiro atoms. The zero-order chi connectivity index (χ0) is 17.6. The van der Waals surface area contributed by atoms with Crippen molar-refractivity contribution in [1.82, 2.24) is 19.9 Å². The SMILES string of the molecule is CN(C)CCCC(C)(C)NC(=O)c1ccc(Nn2ccnc2)cc1. The summed E-state index contributed by atoms with van der Waals surface area (Å²) in [4.78, 5) is 18.6. The third kappa shape index (κ3) is 5.70. The second-order valence-electron chi connectivity index (χ2n) is 6.90. The van der Waals surface area contributed by atoms with Crippen LogP contribution in [-0.2, 0) is 0 Å². The summed E-state index contributed by atoms with van der Waals surface area (Å²) in [6.07, 6.45) is 7.19. The molecule has 1 heterocycles. The number of benzene rings is 1. The van der Waals surface area contributed by atoms with Crippen LogP contribution in [0, 0.1) is 0 Å². The Morgan fingerprint density at radius 3 is 2.54 bits per heavy atom. The largest absolute Gasteiger partial charge is 0.347 e. The second-order valence-corrected chi connectivity index (χ2v) is 6.90. The third-order valence-electron chi connectivity index (χ3n) is 3.77. The number of rotatable bonds is 8. The van der Waals surface area contributed by atoms with Crippen molar-refractivity contribution in [3.8, 4) is 0 Å². The summed E-state index contributed by atoms with van der Waals surface area (Å²) in [6, 6.07) is 7.41. The molecule has 0 atom stereocenters. The van der Waals surface area contributed by atoms with Gasteiger partial charge >= 0.3 is 0 Å². The first-order chi connectivity index (χ1) is 11.4. The van der Waals surface area contributed by atoms with Gasteiger partial charge in [-0.2, -0.15) is 0 Å². The van der Waals surface area contributed by atoms with Gasteiger partial charge in [-0.3, -0.25) is 14.9 Å². The predicted octanol–water partition coefficient (Wildman–Crippen LogP) is 2.61. The maximum atomic E-state index is 12.4. The van der Waals surface area contributed by atoms with Crippen molar-refractivity contribution in [3.05, 3.63) is 48.5 Å². The molecule has 0 aliphatic rings. The molecular weight excluding hydrogens is 302 g/mol. The number of hydrogen-bond donors (Lipinski definition) is 2. The van der Waals surface area contributed by atoms with Crippen LogP contribution in [0.1, 0.15) is 37.0 Å². The summed E-state index contributed by atoms with van der Waals surface area (Å²) >= 11 is 0. The Morgan fingerprint density at radius 1 is 1.25 bits per heavy atom. The molecule has 0 saturated heterocycles. The van der Waals surface area contributed by atoms with Crippen LogP contribution < -0.4 is 10.7 Å². The number of aromatic nitrogens is 2. The number of hydrogen-bond acceptors (Lipinski definition) is 4. The van der Waals surface area contributed by atoms with Gasteiger partial charge < -0.3 is 10.2 Å². The molecule has 24 heavy (non-hydrogen) atoms. The molecule has 6 nitrogen and oxygen atoms in total. The molecule has 1 aromatic heterocycles. The van der Waals surface area contributed by atoms with E-state index in [-0.39, 0.29) is 11.4 Å². The summed E-state index contributed by atoms with van der Waals surface area (Å²) in [7, 11) is 4.12. The first-order valence-electron chi connectivity index (χ1n) is 8.18. The Labute approximate surface area is 143 Å². The highest BCUT2D eigenvalue weighted by Crippen LogP contribution is 2.15. The van der Waals surface area contributed by atoms with E-state index in [0.717, 1.165) is 25.1 Å². The summed E-state index contributed by atoms with van der Waals surface area (Å²) in [6.45, 7) is 5.15. The zero-order valence-electron chi connectivity index (χ0n) is 14.9. The van der Waals surface area contributed by atoms with E-state index in [4.69, 9.17) is 0 Å². The molecule has 2 aromatic rings. The smallest absolute Gasteiger partial charge is 0.251 e. The van der Waals surface area contributed by atoms with Crippen LogP contribution in [-0.4, -0.2) is 46.6 Å². The summed E-state index contributed by atoms with van der Waals surface area (Å²) in [5.41, 5.74) is 4.49. The Bertz CT molecular complexity index is 632. The van der Waals surface area contributed by atoms with Crippen LogP contribution in [0.5, 0.6) is 0 Å². The van der Waals surface area contributed by atoms with Crippen molar-refractivity contribution in [2.75, 3.05) is 26.1 Å². The molecule has 6 heteroatoms. The van der Waals surface area contributed by atoms with Crippen LogP contribution in [0.2, 0.25) is 0 Å². The van der Waals surface area contributed by atoms with Crippen molar-refractivity contribution < 1.29 is 4.79 Å². The van der Waals surface area contributed by atoms with Crippen molar-refractivity contribution in [2.24, 2.45) is 0 Å². The molecule has 1 aromatic carbocycles. The molecule has 0 fully saturated rings. The van der Waals surface area contributed by atoms with Crippen LogP contribution in [0.15, 0.2) is 43.0 Å². The van der Waals surface area contributed by atoms with Gasteiger partial charge in [0.1, 0.15) is 6.33 Å². The molecular formula is C18H27N5O. The lowest BCUT2D eigenvalue weighted by Crippen LogP contribution is -2.43. The minimum absolute atomic E-state index is 0.0426. The van der Waals surface area contributed by atoms with E-state index in [0.29, 0.717) is 5.56 Å². The third-order valence-corrected chi connectivity index (χ3v) is 3.77. The maximum absolute atomic E-state index is 12.4. The van der Waals surface area contributed by atoms with Gasteiger partial charge in [-0.1, -0.05) is 0 Å². The van der Waals surface area contributed by atoms with Crippen LogP contribution in [0.3, 0.4) is 0 Å². The van der Waals surface area contributed by atoms with Crippen molar-refractivity contribution in [3.63, 3.8) is 0 Å². The highest BCUT2D eigenvalue weighted by molar-refractivity contribution is 5.94. The fourth-order valence-corrected chi connectivity index (χ4v) is 2.45. The van der Waals surface area contributed by atoms with Gasteiger partial charge in [0.15, 0.2) is 0 Å². The number of imidazole rings is 1. The normalized spacial score (nSPS) is 11.5. The van der Waals surface area contributed by atoms with Crippen LogP contribution in [0.25, 0.3) is 0 Å². The van der Waals surface area contributed by atoms with E-state index in [1.165, 1.54) is 0 Å². The molecule has 0 aliphatic heterocycles.